The number of ether oxygens (including phenoxy) is 2. The fraction of sp³-hybridized carbons (Fsp3) is 0.286. The summed E-state index contributed by atoms with van der Waals surface area (Å²) in [5.41, 5.74) is 6.86. The van der Waals surface area contributed by atoms with E-state index in [1.165, 1.54) is 18.0 Å². The van der Waals surface area contributed by atoms with Gasteiger partial charge >= 0.3 is 0 Å². The van der Waals surface area contributed by atoms with Gasteiger partial charge < -0.3 is 15.2 Å². The molecule has 0 unspecified atom stereocenters. The van der Waals surface area contributed by atoms with E-state index in [2.05, 4.69) is 9.97 Å². The average molecular weight is 255 g/mol. The third kappa shape index (κ3) is 1.62. The van der Waals surface area contributed by atoms with Gasteiger partial charge in [0.05, 0.1) is 19.0 Å². The minimum absolute atomic E-state index is 0.174. The lowest BCUT2D eigenvalue weighted by atomic mass is 9.97. The van der Waals surface area contributed by atoms with E-state index in [1.807, 2.05) is 18.2 Å². The molecule has 1 aliphatic carbocycles. The Morgan fingerprint density at radius 3 is 2.84 bits per heavy atom. The molecule has 5 nitrogen and oxygen atoms in total. The Morgan fingerprint density at radius 1 is 1.21 bits per heavy atom. The lowest BCUT2D eigenvalue weighted by Gasteiger charge is -2.11. The monoisotopic (exact) mass is 255 g/mol. The Labute approximate surface area is 110 Å². The zero-order chi connectivity index (χ0) is 12.9. The van der Waals surface area contributed by atoms with Crippen molar-refractivity contribution in [2.75, 3.05) is 12.3 Å². The maximum absolute atomic E-state index is 5.84. The van der Waals surface area contributed by atoms with Gasteiger partial charge in [-0.1, -0.05) is 6.07 Å². The van der Waals surface area contributed by atoms with Gasteiger partial charge in [-0.25, -0.2) is 9.97 Å². The molecule has 2 aromatic rings. The number of nitrogens with zero attached hydrogens (tertiary/aromatic N) is 2. The topological polar surface area (TPSA) is 70.3 Å². The summed E-state index contributed by atoms with van der Waals surface area (Å²) >= 11 is 0. The molecule has 0 radical (unpaired) electrons. The Morgan fingerprint density at radius 2 is 2.11 bits per heavy atom. The normalized spacial score (nSPS) is 17.9. The Bertz CT molecular complexity index is 636. The maximum atomic E-state index is 5.84. The molecule has 2 aliphatic rings. The number of fused-ring (bicyclic) bond motifs is 2. The second-order valence-electron chi connectivity index (χ2n) is 5.08. The molecular weight excluding hydrogens is 242 g/mol. The van der Waals surface area contributed by atoms with E-state index in [0.717, 1.165) is 30.9 Å². The van der Waals surface area contributed by atoms with E-state index < -0.39 is 0 Å². The SMILES string of the molecule is Nc1cnc(Oc2cccc3c2C2(CC2)CO3)cn1. The van der Waals surface area contributed by atoms with Gasteiger partial charge in [-0.2, -0.15) is 0 Å². The first-order valence-electron chi connectivity index (χ1n) is 6.29. The fourth-order valence-corrected chi connectivity index (χ4v) is 2.56. The van der Waals surface area contributed by atoms with Crippen LogP contribution in [0.3, 0.4) is 0 Å². The smallest absolute Gasteiger partial charge is 0.237 e. The molecule has 19 heavy (non-hydrogen) atoms. The van der Waals surface area contributed by atoms with Crippen LogP contribution in [-0.4, -0.2) is 16.6 Å². The lowest BCUT2D eigenvalue weighted by molar-refractivity contribution is 0.323. The molecule has 0 amide bonds. The van der Waals surface area contributed by atoms with Crippen LogP contribution in [0.4, 0.5) is 5.82 Å². The Kier molecular flexibility index (Phi) is 2.01. The van der Waals surface area contributed by atoms with E-state index in [1.54, 1.807) is 0 Å². The van der Waals surface area contributed by atoms with Crippen molar-refractivity contribution < 1.29 is 9.47 Å². The number of anilines is 1. The number of nitrogens with two attached hydrogens (primary N) is 1. The predicted octanol–water partition coefficient (Wildman–Crippen LogP) is 2.28. The highest BCUT2D eigenvalue weighted by Gasteiger charge is 2.52. The molecule has 2 N–H and O–H groups in total. The maximum Gasteiger partial charge on any atom is 0.237 e. The summed E-state index contributed by atoms with van der Waals surface area (Å²) in [7, 11) is 0. The van der Waals surface area contributed by atoms with Crippen molar-refractivity contribution in [2.45, 2.75) is 18.3 Å². The molecule has 2 heterocycles. The summed E-state index contributed by atoms with van der Waals surface area (Å²) in [6.07, 6.45) is 5.34. The number of benzene rings is 1. The van der Waals surface area contributed by atoms with E-state index >= 15 is 0 Å². The van der Waals surface area contributed by atoms with Crippen LogP contribution in [0.2, 0.25) is 0 Å². The highest BCUT2D eigenvalue weighted by Crippen LogP contribution is 2.58. The zero-order valence-corrected chi connectivity index (χ0v) is 10.3. The Balaban J connectivity index is 1.73. The number of hydrogen-bond donors (Lipinski definition) is 1. The molecule has 1 saturated carbocycles. The third-order valence-electron chi connectivity index (χ3n) is 3.74. The highest BCUT2D eigenvalue weighted by atomic mass is 16.5. The van der Waals surface area contributed by atoms with Crippen molar-refractivity contribution in [1.29, 1.82) is 0 Å². The van der Waals surface area contributed by atoms with Crippen LogP contribution in [0.15, 0.2) is 30.6 Å². The van der Waals surface area contributed by atoms with Crippen LogP contribution in [0.25, 0.3) is 0 Å². The standard InChI is InChI=1S/C14H13N3O2/c15-11-6-17-12(7-16-11)19-10-3-1-2-9-13(10)14(4-5-14)8-18-9/h1-3,6-7H,4-5,8H2,(H2,15,16). The molecule has 0 saturated heterocycles. The first kappa shape index (κ1) is 10.6. The molecule has 4 rings (SSSR count). The first-order chi connectivity index (χ1) is 9.27. The van der Waals surface area contributed by atoms with Gasteiger partial charge in [0.1, 0.15) is 17.3 Å². The molecule has 96 valence electrons. The van der Waals surface area contributed by atoms with Gasteiger partial charge in [0, 0.05) is 11.0 Å². The van der Waals surface area contributed by atoms with Gasteiger partial charge in [-0.3, -0.25) is 0 Å². The highest BCUT2D eigenvalue weighted by molar-refractivity contribution is 5.56. The van der Waals surface area contributed by atoms with Crippen molar-refractivity contribution in [2.24, 2.45) is 0 Å². The van der Waals surface area contributed by atoms with Crippen LogP contribution < -0.4 is 15.2 Å². The lowest BCUT2D eigenvalue weighted by Crippen LogP contribution is -2.08. The molecule has 1 aromatic carbocycles. The largest absolute Gasteiger partial charge is 0.492 e. The molecular formula is C14H13N3O2. The summed E-state index contributed by atoms with van der Waals surface area (Å²) in [5.74, 6) is 2.57. The third-order valence-corrected chi connectivity index (χ3v) is 3.74. The van der Waals surface area contributed by atoms with Crippen LogP contribution in [0, 0.1) is 0 Å². The van der Waals surface area contributed by atoms with Gasteiger partial charge in [-0.05, 0) is 25.0 Å². The second-order valence-corrected chi connectivity index (χ2v) is 5.08. The van der Waals surface area contributed by atoms with E-state index in [-0.39, 0.29) is 5.41 Å². The van der Waals surface area contributed by atoms with Crippen molar-refractivity contribution in [3.05, 3.63) is 36.2 Å². The van der Waals surface area contributed by atoms with Crippen LogP contribution in [-0.2, 0) is 5.41 Å². The molecule has 0 bridgehead atoms. The fourth-order valence-electron chi connectivity index (χ4n) is 2.56. The number of rotatable bonds is 2. The van der Waals surface area contributed by atoms with Gasteiger partial charge in [-0.15, -0.1) is 0 Å². The zero-order valence-electron chi connectivity index (χ0n) is 10.3. The van der Waals surface area contributed by atoms with Gasteiger partial charge in [0.25, 0.3) is 0 Å². The van der Waals surface area contributed by atoms with Crippen molar-refractivity contribution in [1.82, 2.24) is 9.97 Å². The van der Waals surface area contributed by atoms with E-state index in [9.17, 15) is 0 Å². The van der Waals surface area contributed by atoms with Gasteiger partial charge in [0.15, 0.2) is 0 Å². The number of hydrogen-bond acceptors (Lipinski definition) is 5. The minimum Gasteiger partial charge on any atom is -0.492 e. The van der Waals surface area contributed by atoms with Crippen molar-refractivity contribution in [3.8, 4) is 17.4 Å². The van der Waals surface area contributed by atoms with Crippen LogP contribution in [0.1, 0.15) is 18.4 Å². The summed E-state index contributed by atoms with van der Waals surface area (Å²) in [6.45, 7) is 0.760. The Hall–Kier alpha value is -2.30. The van der Waals surface area contributed by atoms with E-state index in [0.29, 0.717) is 11.7 Å². The van der Waals surface area contributed by atoms with Crippen LogP contribution in [0.5, 0.6) is 17.4 Å². The number of nitrogen functional groups attached to an aromatic ring is 1. The van der Waals surface area contributed by atoms with Crippen molar-refractivity contribution in [3.63, 3.8) is 0 Å². The minimum atomic E-state index is 0.174. The van der Waals surface area contributed by atoms with Crippen LogP contribution >= 0.6 is 0 Å². The molecule has 1 aliphatic heterocycles. The molecule has 1 spiro atoms. The second kappa shape index (κ2) is 3.60. The molecule has 5 heteroatoms. The summed E-state index contributed by atoms with van der Waals surface area (Å²) < 4.78 is 11.6. The number of aromatic nitrogens is 2. The molecule has 1 aromatic heterocycles. The van der Waals surface area contributed by atoms with Crippen molar-refractivity contribution >= 4 is 5.82 Å². The van der Waals surface area contributed by atoms with Gasteiger partial charge in [0.2, 0.25) is 5.88 Å². The molecule has 1 fully saturated rings. The summed E-state index contributed by atoms with van der Waals surface area (Å²) in [4.78, 5) is 8.10. The quantitative estimate of drug-likeness (QED) is 0.891. The summed E-state index contributed by atoms with van der Waals surface area (Å²) in [6, 6.07) is 5.87. The van der Waals surface area contributed by atoms with E-state index in [4.69, 9.17) is 15.2 Å². The first-order valence-corrected chi connectivity index (χ1v) is 6.29. The molecule has 0 atom stereocenters. The average Bonchev–Trinajstić information content (AvgIpc) is 3.10. The predicted molar refractivity (Wildman–Crippen MR) is 69.4 cm³/mol. The summed E-state index contributed by atoms with van der Waals surface area (Å²) in [5, 5.41) is 0.